The quantitative estimate of drug-likeness (QED) is 0.608. The first-order valence-electron chi connectivity index (χ1n) is 6.90. The third kappa shape index (κ3) is 5.06. The van der Waals surface area contributed by atoms with E-state index in [4.69, 9.17) is 4.74 Å². The van der Waals surface area contributed by atoms with E-state index in [9.17, 15) is 34.8 Å². The number of ether oxygens (including phenoxy) is 1. The summed E-state index contributed by atoms with van der Waals surface area (Å²) in [4.78, 5) is -0.467. The highest BCUT2D eigenvalue weighted by Crippen LogP contribution is 2.38. The second-order valence-corrected chi connectivity index (χ2v) is 7.76. The van der Waals surface area contributed by atoms with Gasteiger partial charge in [0.1, 0.15) is 10.6 Å². The molecule has 0 aliphatic heterocycles. The van der Waals surface area contributed by atoms with Crippen LogP contribution in [-0.2, 0) is 22.4 Å². The van der Waals surface area contributed by atoms with Gasteiger partial charge in [0.2, 0.25) is 0 Å². The normalized spacial score (nSPS) is 12.7. The Balaban J connectivity index is 2.58. The summed E-state index contributed by atoms with van der Waals surface area (Å²) >= 11 is 3.03. The maximum Gasteiger partial charge on any atom is 0.416 e. The van der Waals surface area contributed by atoms with Gasteiger partial charge in [0.05, 0.1) is 23.9 Å². The van der Waals surface area contributed by atoms with E-state index in [0.717, 1.165) is 13.2 Å². The van der Waals surface area contributed by atoms with Gasteiger partial charge in [0.25, 0.3) is 10.0 Å². The van der Waals surface area contributed by atoms with Gasteiger partial charge >= 0.3 is 12.4 Å². The van der Waals surface area contributed by atoms with Crippen molar-refractivity contribution >= 4 is 31.6 Å². The van der Waals surface area contributed by atoms with E-state index in [1.165, 1.54) is 12.1 Å². The van der Waals surface area contributed by atoms with Gasteiger partial charge in [-0.1, -0.05) is 15.9 Å². The van der Waals surface area contributed by atoms with Crippen LogP contribution in [0.5, 0.6) is 5.75 Å². The molecule has 0 aromatic heterocycles. The summed E-state index contributed by atoms with van der Waals surface area (Å²) in [7, 11) is -3.38. The van der Waals surface area contributed by atoms with Gasteiger partial charge in [-0.15, -0.1) is 0 Å². The molecule has 0 unspecified atom stereocenters. The van der Waals surface area contributed by atoms with Crippen molar-refractivity contribution in [1.29, 1.82) is 0 Å². The number of sulfonamides is 1. The number of rotatable bonds is 4. The van der Waals surface area contributed by atoms with E-state index in [0.29, 0.717) is 4.47 Å². The second kappa shape index (κ2) is 7.23. The average Bonchev–Trinajstić information content (AvgIpc) is 2.52. The molecule has 2 rings (SSSR count). The van der Waals surface area contributed by atoms with E-state index >= 15 is 0 Å². The average molecular weight is 478 g/mol. The number of hydrogen-bond donors (Lipinski definition) is 1. The highest BCUT2D eigenvalue weighted by Gasteiger charge is 2.37. The van der Waals surface area contributed by atoms with Crippen LogP contribution < -0.4 is 9.46 Å². The van der Waals surface area contributed by atoms with Gasteiger partial charge < -0.3 is 4.74 Å². The van der Waals surface area contributed by atoms with Crippen LogP contribution >= 0.6 is 15.9 Å². The van der Waals surface area contributed by atoms with Crippen molar-refractivity contribution in [3.8, 4) is 5.75 Å². The predicted octanol–water partition coefficient (Wildman–Crippen LogP) is 5.30. The van der Waals surface area contributed by atoms with Crippen LogP contribution in [0.25, 0.3) is 0 Å². The number of benzene rings is 2. The second-order valence-electron chi connectivity index (χ2n) is 5.20. The summed E-state index contributed by atoms with van der Waals surface area (Å²) in [6.07, 6.45) is -10.2. The lowest BCUT2D eigenvalue weighted by Gasteiger charge is -2.16. The summed E-state index contributed by atoms with van der Waals surface area (Å²) in [6, 6.07) is 4.27. The molecule has 2 aromatic rings. The molecule has 0 heterocycles. The first kappa shape index (κ1) is 21.4. The fraction of sp³-hybridized carbons (Fsp3) is 0.200. The van der Waals surface area contributed by atoms with E-state index in [1.807, 2.05) is 0 Å². The van der Waals surface area contributed by atoms with E-state index in [1.54, 1.807) is 4.72 Å². The number of hydrogen-bond acceptors (Lipinski definition) is 3. The Morgan fingerprint density at radius 3 is 1.89 bits per heavy atom. The molecule has 4 nitrogen and oxygen atoms in total. The lowest BCUT2D eigenvalue weighted by molar-refractivity contribution is -0.143. The Labute approximate surface area is 158 Å². The molecular weight excluding hydrogens is 468 g/mol. The smallest absolute Gasteiger partial charge is 0.416 e. The highest BCUT2D eigenvalue weighted by atomic mass is 79.9. The molecule has 12 heteroatoms. The first-order chi connectivity index (χ1) is 12.2. The number of nitrogens with one attached hydrogen (secondary N) is 1. The van der Waals surface area contributed by atoms with Crippen LogP contribution in [0.2, 0.25) is 0 Å². The predicted molar refractivity (Wildman–Crippen MR) is 87.9 cm³/mol. The Morgan fingerprint density at radius 1 is 0.926 bits per heavy atom. The molecule has 0 saturated heterocycles. The van der Waals surface area contributed by atoms with Gasteiger partial charge in [-0.25, -0.2) is 8.42 Å². The largest absolute Gasteiger partial charge is 0.495 e. The van der Waals surface area contributed by atoms with Gasteiger partial charge in [0, 0.05) is 4.47 Å². The van der Waals surface area contributed by atoms with Crippen molar-refractivity contribution in [3.05, 3.63) is 52.0 Å². The van der Waals surface area contributed by atoms with Crippen LogP contribution in [0.4, 0.5) is 32.0 Å². The molecule has 0 bridgehead atoms. The van der Waals surface area contributed by atoms with Crippen LogP contribution in [0.15, 0.2) is 45.8 Å². The van der Waals surface area contributed by atoms with Crippen molar-refractivity contribution in [2.24, 2.45) is 0 Å². The van der Waals surface area contributed by atoms with Crippen molar-refractivity contribution < 1.29 is 39.5 Å². The van der Waals surface area contributed by atoms with Crippen molar-refractivity contribution in [1.82, 2.24) is 0 Å². The van der Waals surface area contributed by atoms with Crippen LogP contribution in [0.1, 0.15) is 11.1 Å². The molecule has 0 amide bonds. The summed E-state index contributed by atoms with van der Waals surface area (Å²) < 4.78 is 109. The summed E-state index contributed by atoms with van der Waals surface area (Å²) in [5, 5.41) is 0. The van der Waals surface area contributed by atoms with Gasteiger partial charge in [-0.05, 0) is 36.4 Å². The molecule has 0 aliphatic rings. The van der Waals surface area contributed by atoms with Crippen molar-refractivity contribution in [2.45, 2.75) is 17.2 Å². The summed E-state index contributed by atoms with van der Waals surface area (Å²) in [5.41, 5.74) is -4.17. The minimum Gasteiger partial charge on any atom is -0.495 e. The van der Waals surface area contributed by atoms with Gasteiger partial charge in [0.15, 0.2) is 0 Å². The van der Waals surface area contributed by atoms with Crippen molar-refractivity contribution in [2.75, 3.05) is 11.8 Å². The molecule has 148 valence electrons. The molecule has 0 aliphatic carbocycles. The standard InChI is InChI=1S/C15H10BrF6NO3S/c1-26-12-3-2-10(16)7-13(12)27(24,25)23-11-5-8(14(17,18)19)4-9(6-11)15(20,21)22/h2-7,23H,1H3. The third-order valence-corrected chi connectivity index (χ3v) is 5.15. The highest BCUT2D eigenvalue weighted by molar-refractivity contribution is 9.10. The van der Waals surface area contributed by atoms with E-state index < -0.39 is 44.1 Å². The van der Waals surface area contributed by atoms with Crippen LogP contribution in [-0.4, -0.2) is 15.5 Å². The molecular formula is C15H10BrF6NO3S. The minimum absolute atomic E-state index is 0.0997. The number of methoxy groups -OCH3 is 1. The fourth-order valence-electron chi connectivity index (χ4n) is 2.08. The SMILES string of the molecule is COc1ccc(Br)cc1S(=O)(=O)Nc1cc(C(F)(F)F)cc(C(F)(F)F)c1. The number of halogens is 7. The molecule has 0 fully saturated rings. The van der Waals surface area contributed by atoms with Gasteiger partial charge in [-0.3, -0.25) is 4.72 Å². The van der Waals surface area contributed by atoms with E-state index in [-0.39, 0.29) is 23.9 Å². The van der Waals surface area contributed by atoms with Crippen LogP contribution in [0.3, 0.4) is 0 Å². The molecule has 0 atom stereocenters. The monoisotopic (exact) mass is 477 g/mol. The Hall–Kier alpha value is -1.95. The molecule has 0 radical (unpaired) electrons. The molecule has 2 aromatic carbocycles. The summed E-state index contributed by atoms with van der Waals surface area (Å²) in [6.45, 7) is 0. The number of alkyl halides is 6. The Bertz CT molecular complexity index is 925. The third-order valence-electron chi connectivity index (χ3n) is 3.26. The zero-order chi connectivity index (χ0) is 20.6. The minimum atomic E-state index is -5.10. The maximum atomic E-state index is 12.9. The molecule has 0 spiro atoms. The Kier molecular flexibility index (Phi) is 5.71. The first-order valence-corrected chi connectivity index (χ1v) is 9.17. The summed E-state index contributed by atoms with van der Waals surface area (Å²) in [5.74, 6) is -0.145. The topological polar surface area (TPSA) is 55.4 Å². The van der Waals surface area contributed by atoms with Crippen molar-refractivity contribution in [3.63, 3.8) is 0 Å². The van der Waals surface area contributed by atoms with Gasteiger partial charge in [-0.2, -0.15) is 26.3 Å². The maximum absolute atomic E-state index is 12.9. The Morgan fingerprint density at radius 2 is 1.44 bits per heavy atom. The lowest BCUT2D eigenvalue weighted by atomic mass is 10.1. The lowest BCUT2D eigenvalue weighted by Crippen LogP contribution is -2.17. The number of anilines is 1. The zero-order valence-electron chi connectivity index (χ0n) is 13.2. The fourth-order valence-corrected chi connectivity index (χ4v) is 3.83. The molecule has 1 N–H and O–H groups in total. The molecule has 27 heavy (non-hydrogen) atoms. The van der Waals surface area contributed by atoms with E-state index in [2.05, 4.69) is 15.9 Å². The van der Waals surface area contributed by atoms with Crippen LogP contribution in [0, 0.1) is 0 Å². The molecule has 0 saturated carbocycles. The zero-order valence-corrected chi connectivity index (χ0v) is 15.6.